The Morgan fingerprint density at radius 3 is 1.33 bits per heavy atom. The van der Waals surface area contributed by atoms with Crippen LogP contribution in [0, 0.1) is 11.8 Å². The third-order valence-electron chi connectivity index (χ3n) is 15.4. The topological polar surface area (TPSA) is 178 Å². The number of aromatic nitrogens is 10. The van der Waals surface area contributed by atoms with Gasteiger partial charge >= 0.3 is 0 Å². The van der Waals surface area contributed by atoms with Crippen LogP contribution in [0.25, 0.3) is 43.9 Å². The third-order valence-corrected chi connectivity index (χ3v) is 15.4. The minimum atomic E-state index is 0.101. The quantitative estimate of drug-likeness (QED) is 0.161. The number of anilines is 4. The van der Waals surface area contributed by atoms with Crippen molar-refractivity contribution in [3.8, 4) is 0 Å². The molecule has 70 heavy (non-hydrogen) atoms. The van der Waals surface area contributed by atoms with Crippen LogP contribution in [-0.4, -0.2) is 83.7 Å². The lowest BCUT2D eigenvalue weighted by molar-refractivity contribution is -0.130. The summed E-state index contributed by atoms with van der Waals surface area (Å²) in [6.07, 6.45) is 21.0. The van der Waals surface area contributed by atoms with Crippen molar-refractivity contribution in [3.05, 3.63) is 96.1 Å². The fourth-order valence-corrected chi connectivity index (χ4v) is 11.5. The molecule has 12 rings (SSSR count). The van der Waals surface area contributed by atoms with Crippen molar-refractivity contribution in [2.75, 3.05) is 23.7 Å². The molecule has 0 bridgehead atoms. The third kappa shape index (κ3) is 8.65. The summed E-state index contributed by atoms with van der Waals surface area (Å²) in [5.74, 6) is 4.65. The molecule has 2 amide bonds. The highest BCUT2D eigenvalue weighted by atomic mass is 16.2. The molecule has 0 saturated heterocycles. The van der Waals surface area contributed by atoms with E-state index >= 15 is 0 Å². The molecule has 16 heteroatoms. The molecule has 16 nitrogen and oxygen atoms in total. The van der Waals surface area contributed by atoms with Crippen LogP contribution in [0.4, 0.5) is 23.5 Å². The molecule has 8 aromatic heterocycles. The normalized spacial score (nSPS) is 22.4. The van der Waals surface area contributed by atoms with Gasteiger partial charge in [-0.3, -0.25) is 19.6 Å². The summed E-state index contributed by atoms with van der Waals surface area (Å²) >= 11 is 0. The van der Waals surface area contributed by atoms with E-state index in [1.54, 1.807) is 13.8 Å². The molecule has 2 saturated carbocycles. The van der Waals surface area contributed by atoms with Crippen LogP contribution in [-0.2, 0) is 22.7 Å². The lowest BCUT2D eigenvalue weighted by atomic mass is 9.87. The average Bonchev–Trinajstić information content (AvgIpc) is 3.87. The van der Waals surface area contributed by atoms with Crippen LogP contribution in [0.2, 0.25) is 0 Å². The summed E-state index contributed by atoms with van der Waals surface area (Å²) in [7, 11) is 0. The number of hydrogen-bond donors (Lipinski definition) is 2. The van der Waals surface area contributed by atoms with E-state index in [2.05, 4.69) is 91.7 Å². The maximum Gasteiger partial charge on any atom is 0.230 e. The van der Waals surface area contributed by atoms with Gasteiger partial charge in [0.05, 0.1) is 34.8 Å². The smallest absolute Gasteiger partial charge is 0.230 e. The summed E-state index contributed by atoms with van der Waals surface area (Å²) in [5, 5.41) is 11.1. The Bertz CT molecular complexity index is 3060. The first-order valence-electron chi connectivity index (χ1n) is 25.2. The lowest BCUT2D eigenvalue weighted by Crippen LogP contribution is -2.36. The molecule has 0 unspecified atom stereocenters. The number of fused-ring (bicyclic) bond motifs is 8. The fourth-order valence-electron chi connectivity index (χ4n) is 11.5. The van der Waals surface area contributed by atoms with Gasteiger partial charge < -0.3 is 29.6 Å². The molecule has 0 aromatic carbocycles. The maximum absolute atomic E-state index is 11.9. The maximum atomic E-state index is 11.9. The standard InChI is InChI=1S/2C27H31N7O/c2*1-16-4-7-20(8-5-16)34-23-13-28-11-10-21(23)22-12-29-27(32-26(22)34)31-24-9-6-19-15-33(18(3)35)14-17(2)25(19)30-24/h2*6,9-13,16-17,20H,4-5,7-8,14-15H2,1-3H3,(H,29,30,31,32)/t2*16?,17-,20?/m10/s1. The summed E-state index contributed by atoms with van der Waals surface area (Å²) in [6, 6.07) is 13.0. The van der Waals surface area contributed by atoms with E-state index in [4.69, 9.17) is 19.9 Å². The highest BCUT2D eigenvalue weighted by molar-refractivity contribution is 6.07. The predicted molar refractivity (Wildman–Crippen MR) is 273 cm³/mol. The average molecular weight is 939 g/mol. The molecule has 2 aliphatic carbocycles. The van der Waals surface area contributed by atoms with Crippen molar-refractivity contribution < 1.29 is 9.59 Å². The van der Waals surface area contributed by atoms with Crippen LogP contribution < -0.4 is 10.6 Å². The summed E-state index contributed by atoms with van der Waals surface area (Å²) in [6.45, 7) is 14.8. The van der Waals surface area contributed by atoms with Crippen LogP contribution >= 0.6 is 0 Å². The van der Waals surface area contributed by atoms with Crippen molar-refractivity contribution >= 4 is 79.2 Å². The Morgan fingerprint density at radius 1 is 0.514 bits per heavy atom. The molecule has 0 spiro atoms. The molecule has 10 heterocycles. The zero-order valence-electron chi connectivity index (χ0n) is 41.1. The Kier molecular flexibility index (Phi) is 12.1. The van der Waals surface area contributed by atoms with Crippen molar-refractivity contribution in [2.45, 2.75) is 130 Å². The molecule has 2 aliphatic heterocycles. The van der Waals surface area contributed by atoms with E-state index in [0.717, 1.165) is 116 Å². The minimum Gasteiger partial charge on any atom is -0.338 e. The number of rotatable bonds is 6. The molecule has 2 N–H and O–H groups in total. The molecule has 360 valence electrons. The second-order valence-electron chi connectivity index (χ2n) is 20.5. The van der Waals surface area contributed by atoms with Gasteiger partial charge in [0.15, 0.2) is 0 Å². The first-order chi connectivity index (χ1) is 33.9. The molecular weight excluding hydrogens is 877 g/mol. The van der Waals surface area contributed by atoms with Crippen LogP contribution in [0.15, 0.2) is 73.6 Å². The van der Waals surface area contributed by atoms with Crippen molar-refractivity contribution in [1.29, 1.82) is 0 Å². The first-order valence-corrected chi connectivity index (χ1v) is 25.2. The van der Waals surface area contributed by atoms with Gasteiger partial charge in [-0.25, -0.2) is 19.9 Å². The Labute approximate surface area is 407 Å². The second kappa shape index (κ2) is 18.7. The number of amides is 2. The monoisotopic (exact) mass is 939 g/mol. The van der Waals surface area contributed by atoms with Crippen molar-refractivity contribution in [3.63, 3.8) is 0 Å². The van der Waals surface area contributed by atoms with Crippen LogP contribution in [0.5, 0.6) is 0 Å². The zero-order valence-corrected chi connectivity index (χ0v) is 41.1. The Morgan fingerprint density at radius 2 is 0.929 bits per heavy atom. The molecule has 8 aromatic rings. The van der Waals surface area contributed by atoms with Crippen molar-refractivity contribution in [2.24, 2.45) is 11.8 Å². The van der Waals surface area contributed by atoms with Crippen LogP contribution in [0.3, 0.4) is 0 Å². The number of pyridine rings is 4. The van der Waals surface area contributed by atoms with Gasteiger partial charge in [0, 0.05) is 110 Å². The fraction of sp³-hybridized carbons (Fsp3) is 0.444. The molecule has 0 radical (unpaired) electrons. The first kappa shape index (κ1) is 45.3. The minimum absolute atomic E-state index is 0.101. The van der Waals surface area contributed by atoms with Gasteiger partial charge in [-0.15, -0.1) is 0 Å². The van der Waals surface area contributed by atoms with Gasteiger partial charge in [0.25, 0.3) is 0 Å². The van der Waals surface area contributed by atoms with E-state index in [1.807, 2.05) is 59.1 Å². The number of nitrogens with one attached hydrogen (secondary N) is 2. The lowest BCUT2D eigenvalue weighted by Gasteiger charge is -2.31. The summed E-state index contributed by atoms with van der Waals surface area (Å²) < 4.78 is 4.77. The molecular formula is C54H62N14O2. The van der Waals surface area contributed by atoms with Gasteiger partial charge in [0.1, 0.15) is 22.9 Å². The molecule has 2 atom stereocenters. The highest BCUT2D eigenvalue weighted by Gasteiger charge is 2.29. The predicted octanol–water partition coefficient (Wildman–Crippen LogP) is 10.7. The summed E-state index contributed by atoms with van der Waals surface area (Å²) in [4.78, 5) is 65.3. The summed E-state index contributed by atoms with van der Waals surface area (Å²) in [5.41, 5.74) is 8.42. The Hall–Kier alpha value is -7.10. The van der Waals surface area contributed by atoms with Gasteiger partial charge in [0.2, 0.25) is 23.7 Å². The van der Waals surface area contributed by atoms with Crippen molar-refractivity contribution in [1.82, 2.24) is 58.8 Å². The second-order valence-corrected chi connectivity index (χ2v) is 20.5. The van der Waals surface area contributed by atoms with E-state index in [1.165, 1.54) is 25.7 Å². The van der Waals surface area contributed by atoms with Crippen LogP contribution in [0.1, 0.15) is 139 Å². The van der Waals surface area contributed by atoms with Gasteiger partial charge in [-0.2, -0.15) is 9.97 Å². The highest BCUT2D eigenvalue weighted by Crippen LogP contribution is 2.40. The number of nitrogens with zero attached hydrogens (tertiary/aromatic N) is 12. The largest absolute Gasteiger partial charge is 0.338 e. The van der Waals surface area contributed by atoms with E-state index in [9.17, 15) is 9.59 Å². The number of carbonyl (C=O) groups is 2. The Balaban J connectivity index is 0.000000152. The van der Waals surface area contributed by atoms with Gasteiger partial charge in [-0.05, 0) is 98.6 Å². The van der Waals surface area contributed by atoms with E-state index < -0.39 is 0 Å². The molecule has 2 fully saturated rings. The number of carbonyl (C=O) groups excluding carboxylic acids is 2. The van der Waals surface area contributed by atoms with E-state index in [0.29, 0.717) is 50.2 Å². The van der Waals surface area contributed by atoms with E-state index in [-0.39, 0.29) is 23.7 Å². The molecule has 4 aliphatic rings. The van der Waals surface area contributed by atoms with Gasteiger partial charge in [-0.1, -0.05) is 39.8 Å². The number of hydrogen-bond acceptors (Lipinski definition) is 12. The SMILES string of the molecule is CC(=O)N1Cc2ccc(Nc3ncc4c5ccncc5n(C5CCC(C)CC5)c4n3)nc2[C@@H](C)C1.CC(=O)N1Cc2ccc(Nc3ncc4c5ccncc5n(C5CCC(C)CC5)c4n3)nc2[C@H](C)C1. The zero-order chi connectivity index (χ0) is 48.2.